The van der Waals surface area contributed by atoms with E-state index in [-0.39, 0.29) is 5.91 Å². The standard InChI is InChI=1S/C13H16ClNO/c1-10-4-2-3-9-15(10)13(16)11-5-7-12(14)8-6-11/h5-8,10H,2-4,9H2,1H3/t10-/m1/s1. The molecular formula is C13H16ClNO. The van der Waals surface area contributed by atoms with Crippen molar-refractivity contribution < 1.29 is 4.79 Å². The fourth-order valence-corrected chi connectivity index (χ4v) is 2.28. The van der Waals surface area contributed by atoms with Crippen LogP contribution >= 0.6 is 11.6 Å². The van der Waals surface area contributed by atoms with Crippen LogP contribution in [0.15, 0.2) is 24.3 Å². The van der Waals surface area contributed by atoms with Crippen molar-refractivity contribution in [1.82, 2.24) is 4.90 Å². The van der Waals surface area contributed by atoms with Crippen LogP contribution in [0.4, 0.5) is 0 Å². The van der Waals surface area contributed by atoms with Crippen LogP contribution in [0.5, 0.6) is 0 Å². The summed E-state index contributed by atoms with van der Waals surface area (Å²) in [4.78, 5) is 14.2. The van der Waals surface area contributed by atoms with Crippen molar-refractivity contribution in [2.24, 2.45) is 0 Å². The maximum atomic E-state index is 12.2. The summed E-state index contributed by atoms with van der Waals surface area (Å²) in [6.45, 7) is 3.00. The Morgan fingerprint density at radius 1 is 1.31 bits per heavy atom. The summed E-state index contributed by atoms with van der Waals surface area (Å²) in [7, 11) is 0. The summed E-state index contributed by atoms with van der Waals surface area (Å²) in [6.07, 6.45) is 3.45. The zero-order valence-corrected chi connectivity index (χ0v) is 10.2. The highest BCUT2D eigenvalue weighted by Gasteiger charge is 2.23. The van der Waals surface area contributed by atoms with Gasteiger partial charge in [-0.3, -0.25) is 4.79 Å². The van der Waals surface area contributed by atoms with Gasteiger partial charge in [0.05, 0.1) is 0 Å². The molecule has 1 aromatic rings. The van der Waals surface area contributed by atoms with Crippen molar-refractivity contribution in [1.29, 1.82) is 0 Å². The van der Waals surface area contributed by atoms with E-state index in [1.807, 2.05) is 4.90 Å². The van der Waals surface area contributed by atoms with E-state index in [2.05, 4.69) is 6.92 Å². The monoisotopic (exact) mass is 237 g/mol. The summed E-state index contributed by atoms with van der Waals surface area (Å²) < 4.78 is 0. The summed E-state index contributed by atoms with van der Waals surface area (Å²) >= 11 is 5.81. The molecule has 16 heavy (non-hydrogen) atoms. The van der Waals surface area contributed by atoms with Gasteiger partial charge in [-0.15, -0.1) is 0 Å². The second-order valence-corrected chi connectivity index (χ2v) is 4.79. The molecule has 0 unspecified atom stereocenters. The van der Waals surface area contributed by atoms with Crippen LogP contribution in [0.1, 0.15) is 36.5 Å². The first-order valence-corrected chi connectivity index (χ1v) is 6.13. The lowest BCUT2D eigenvalue weighted by molar-refractivity contribution is 0.0635. The van der Waals surface area contributed by atoms with Gasteiger partial charge in [-0.05, 0) is 50.5 Å². The number of amides is 1. The molecule has 1 heterocycles. The molecule has 1 fully saturated rings. The molecule has 0 radical (unpaired) electrons. The van der Waals surface area contributed by atoms with Crippen LogP contribution in [0, 0.1) is 0 Å². The van der Waals surface area contributed by atoms with Crippen LogP contribution in [-0.4, -0.2) is 23.4 Å². The fourth-order valence-electron chi connectivity index (χ4n) is 2.16. The van der Waals surface area contributed by atoms with Gasteiger partial charge in [-0.1, -0.05) is 11.6 Å². The minimum absolute atomic E-state index is 0.129. The first kappa shape index (κ1) is 11.5. The van der Waals surface area contributed by atoms with Crippen molar-refractivity contribution in [3.63, 3.8) is 0 Å². The molecule has 0 saturated carbocycles. The third kappa shape index (κ3) is 2.38. The summed E-state index contributed by atoms with van der Waals surface area (Å²) in [5.41, 5.74) is 0.734. The van der Waals surface area contributed by atoms with Gasteiger partial charge in [0.25, 0.3) is 5.91 Å². The maximum Gasteiger partial charge on any atom is 0.254 e. The van der Waals surface area contributed by atoms with E-state index in [1.54, 1.807) is 24.3 Å². The van der Waals surface area contributed by atoms with Crippen LogP contribution in [-0.2, 0) is 0 Å². The highest BCUT2D eigenvalue weighted by Crippen LogP contribution is 2.20. The van der Waals surface area contributed by atoms with E-state index in [1.165, 1.54) is 6.42 Å². The SMILES string of the molecule is C[C@@H]1CCCCN1C(=O)c1ccc(Cl)cc1. The maximum absolute atomic E-state index is 12.2. The molecule has 1 saturated heterocycles. The number of carbonyl (C=O) groups is 1. The largest absolute Gasteiger partial charge is 0.336 e. The average Bonchev–Trinajstić information content (AvgIpc) is 2.30. The van der Waals surface area contributed by atoms with Crippen LogP contribution in [0.2, 0.25) is 5.02 Å². The quantitative estimate of drug-likeness (QED) is 0.734. The van der Waals surface area contributed by atoms with Crippen LogP contribution in [0.3, 0.4) is 0 Å². The van der Waals surface area contributed by atoms with Gasteiger partial charge >= 0.3 is 0 Å². The number of rotatable bonds is 1. The Morgan fingerprint density at radius 3 is 2.62 bits per heavy atom. The molecule has 2 rings (SSSR count). The van der Waals surface area contributed by atoms with Gasteiger partial charge in [-0.25, -0.2) is 0 Å². The third-order valence-electron chi connectivity index (χ3n) is 3.16. The van der Waals surface area contributed by atoms with Gasteiger partial charge in [0.1, 0.15) is 0 Å². The van der Waals surface area contributed by atoms with E-state index in [0.717, 1.165) is 24.9 Å². The second kappa shape index (κ2) is 4.88. The van der Waals surface area contributed by atoms with Gasteiger partial charge < -0.3 is 4.90 Å². The molecule has 0 aliphatic carbocycles. The molecule has 1 amide bonds. The molecule has 86 valence electrons. The lowest BCUT2D eigenvalue weighted by Gasteiger charge is -2.33. The van der Waals surface area contributed by atoms with E-state index in [9.17, 15) is 4.79 Å². The molecule has 1 aliphatic rings. The van der Waals surface area contributed by atoms with E-state index in [0.29, 0.717) is 11.1 Å². The molecule has 2 nitrogen and oxygen atoms in total. The zero-order chi connectivity index (χ0) is 11.5. The number of benzene rings is 1. The lowest BCUT2D eigenvalue weighted by Crippen LogP contribution is -2.41. The molecule has 1 atom stereocenters. The normalized spacial score (nSPS) is 20.9. The second-order valence-electron chi connectivity index (χ2n) is 4.35. The Balaban J connectivity index is 2.14. The molecule has 0 aromatic heterocycles. The smallest absolute Gasteiger partial charge is 0.254 e. The predicted octanol–water partition coefficient (Wildman–Crippen LogP) is 3.35. The van der Waals surface area contributed by atoms with Crippen molar-refractivity contribution in [3.05, 3.63) is 34.9 Å². The van der Waals surface area contributed by atoms with E-state index in [4.69, 9.17) is 11.6 Å². The topological polar surface area (TPSA) is 20.3 Å². The predicted molar refractivity (Wildman–Crippen MR) is 65.8 cm³/mol. The molecule has 0 spiro atoms. The minimum Gasteiger partial charge on any atom is -0.336 e. The van der Waals surface area contributed by atoms with Gasteiger partial charge in [0.15, 0.2) is 0 Å². The lowest BCUT2D eigenvalue weighted by atomic mass is 10.0. The van der Waals surface area contributed by atoms with Gasteiger partial charge in [0.2, 0.25) is 0 Å². The third-order valence-corrected chi connectivity index (χ3v) is 3.41. The Kier molecular flexibility index (Phi) is 3.49. The van der Waals surface area contributed by atoms with E-state index < -0.39 is 0 Å². The van der Waals surface area contributed by atoms with Gasteiger partial charge in [-0.2, -0.15) is 0 Å². The minimum atomic E-state index is 0.129. The number of carbonyl (C=O) groups excluding carboxylic acids is 1. The van der Waals surface area contributed by atoms with Crippen molar-refractivity contribution in [3.8, 4) is 0 Å². The highest BCUT2D eigenvalue weighted by molar-refractivity contribution is 6.30. The van der Waals surface area contributed by atoms with Gasteiger partial charge in [0, 0.05) is 23.2 Å². The van der Waals surface area contributed by atoms with Crippen molar-refractivity contribution >= 4 is 17.5 Å². The van der Waals surface area contributed by atoms with Crippen molar-refractivity contribution in [2.75, 3.05) is 6.54 Å². The molecule has 1 aliphatic heterocycles. The highest BCUT2D eigenvalue weighted by atomic mass is 35.5. The molecule has 0 bridgehead atoms. The first-order valence-electron chi connectivity index (χ1n) is 5.75. The Labute approximate surface area is 101 Å². The summed E-state index contributed by atoms with van der Waals surface area (Å²) in [5, 5.41) is 0.670. The Morgan fingerprint density at radius 2 is 2.00 bits per heavy atom. The number of likely N-dealkylation sites (tertiary alicyclic amines) is 1. The fraction of sp³-hybridized carbons (Fsp3) is 0.462. The summed E-state index contributed by atoms with van der Waals surface area (Å²) in [5.74, 6) is 0.129. The molecular weight excluding hydrogens is 222 g/mol. The van der Waals surface area contributed by atoms with E-state index >= 15 is 0 Å². The molecule has 3 heteroatoms. The van der Waals surface area contributed by atoms with Crippen molar-refractivity contribution in [2.45, 2.75) is 32.2 Å². The number of halogens is 1. The van der Waals surface area contributed by atoms with Crippen LogP contribution in [0.25, 0.3) is 0 Å². The first-order chi connectivity index (χ1) is 7.68. The summed E-state index contributed by atoms with van der Waals surface area (Å²) in [6, 6.07) is 7.49. The van der Waals surface area contributed by atoms with Crippen LogP contribution < -0.4 is 0 Å². The number of hydrogen-bond donors (Lipinski definition) is 0. The molecule has 0 N–H and O–H groups in total. The number of piperidine rings is 1. The number of nitrogens with zero attached hydrogens (tertiary/aromatic N) is 1. The Hall–Kier alpha value is -1.02. The Bertz CT molecular complexity index is 374. The average molecular weight is 238 g/mol. The molecule has 1 aromatic carbocycles. The number of hydrogen-bond acceptors (Lipinski definition) is 1. The zero-order valence-electron chi connectivity index (χ0n) is 9.45.